The lowest BCUT2D eigenvalue weighted by molar-refractivity contribution is 0.419. The molecule has 72 valence electrons. The van der Waals surface area contributed by atoms with Crippen LogP contribution >= 0.6 is 15.9 Å². The third kappa shape index (κ3) is 1.48. The third-order valence-electron chi connectivity index (χ3n) is 2.11. The Hall–Kier alpha value is -1.09. The fourth-order valence-electron chi connectivity index (χ4n) is 1.44. The van der Waals surface area contributed by atoms with Gasteiger partial charge in [0.25, 0.3) is 0 Å². The summed E-state index contributed by atoms with van der Waals surface area (Å²) in [6, 6.07) is 8.34. The Morgan fingerprint density at radius 1 is 1.14 bits per heavy atom. The minimum absolute atomic E-state index is 0.256. The molecule has 3 heteroatoms. The molecule has 0 bridgehead atoms. The molecule has 0 unspecified atom stereocenters. The van der Waals surface area contributed by atoms with Gasteiger partial charge in [0.2, 0.25) is 0 Å². The molecule has 0 saturated carbocycles. The summed E-state index contributed by atoms with van der Waals surface area (Å²) in [5.74, 6) is 0.427. The van der Waals surface area contributed by atoms with Crippen LogP contribution in [0.15, 0.2) is 34.8 Å². The second kappa shape index (κ2) is 3.58. The van der Waals surface area contributed by atoms with Crippen LogP contribution in [0.5, 0.6) is 5.75 Å². The van der Waals surface area contributed by atoms with E-state index in [4.69, 9.17) is 4.74 Å². The molecule has 14 heavy (non-hydrogen) atoms. The maximum atomic E-state index is 13.0. The van der Waals surface area contributed by atoms with Crippen LogP contribution in [0.3, 0.4) is 0 Å². The predicted molar refractivity (Wildman–Crippen MR) is 58.2 cm³/mol. The van der Waals surface area contributed by atoms with Gasteiger partial charge in [0, 0.05) is 9.86 Å². The molecule has 0 aromatic heterocycles. The molecule has 0 fully saturated rings. The molecule has 0 amide bonds. The van der Waals surface area contributed by atoms with Gasteiger partial charge in [-0.15, -0.1) is 0 Å². The molecule has 0 saturated heterocycles. The van der Waals surface area contributed by atoms with Crippen molar-refractivity contribution in [3.8, 4) is 5.75 Å². The topological polar surface area (TPSA) is 9.23 Å². The molecule has 1 nitrogen and oxygen atoms in total. The van der Waals surface area contributed by atoms with E-state index in [0.717, 1.165) is 15.2 Å². The highest BCUT2D eigenvalue weighted by atomic mass is 79.9. The second-order valence-electron chi connectivity index (χ2n) is 2.94. The molecule has 0 N–H and O–H groups in total. The lowest BCUT2D eigenvalue weighted by atomic mass is 10.1. The van der Waals surface area contributed by atoms with E-state index in [-0.39, 0.29) is 5.82 Å². The van der Waals surface area contributed by atoms with Crippen molar-refractivity contribution in [3.63, 3.8) is 0 Å². The van der Waals surface area contributed by atoms with Gasteiger partial charge < -0.3 is 4.74 Å². The molecule has 0 atom stereocenters. The molecule has 0 spiro atoms. The van der Waals surface area contributed by atoms with Crippen molar-refractivity contribution in [2.45, 2.75) is 0 Å². The van der Waals surface area contributed by atoms with Crippen LogP contribution in [-0.2, 0) is 0 Å². The van der Waals surface area contributed by atoms with Crippen molar-refractivity contribution in [2.75, 3.05) is 7.11 Å². The van der Waals surface area contributed by atoms with Crippen LogP contribution in [0.2, 0.25) is 0 Å². The Balaban J connectivity index is 2.85. The van der Waals surface area contributed by atoms with Crippen LogP contribution in [0.25, 0.3) is 10.8 Å². The smallest absolute Gasteiger partial charge is 0.126 e. The normalized spacial score (nSPS) is 10.5. The Labute approximate surface area is 89.6 Å². The van der Waals surface area contributed by atoms with Crippen molar-refractivity contribution < 1.29 is 9.13 Å². The van der Waals surface area contributed by atoms with Gasteiger partial charge in [-0.05, 0) is 29.7 Å². The maximum Gasteiger partial charge on any atom is 0.126 e. The summed E-state index contributed by atoms with van der Waals surface area (Å²) < 4.78 is 19.1. The number of rotatable bonds is 1. The van der Waals surface area contributed by atoms with Crippen molar-refractivity contribution in [2.24, 2.45) is 0 Å². The molecule has 2 aromatic carbocycles. The monoisotopic (exact) mass is 254 g/mol. The van der Waals surface area contributed by atoms with Crippen LogP contribution in [0.4, 0.5) is 4.39 Å². The van der Waals surface area contributed by atoms with E-state index in [1.807, 2.05) is 12.1 Å². The van der Waals surface area contributed by atoms with Crippen molar-refractivity contribution in [1.82, 2.24) is 0 Å². The van der Waals surface area contributed by atoms with Gasteiger partial charge in [-0.1, -0.05) is 22.0 Å². The quantitative estimate of drug-likeness (QED) is 0.754. The fourth-order valence-corrected chi connectivity index (χ4v) is 1.91. The fraction of sp³-hybridized carbons (Fsp3) is 0.0909. The highest BCUT2D eigenvalue weighted by Gasteiger charge is 2.05. The second-order valence-corrected chi connectivity index (χ2v) is 3.79. The first kappa shape index (κ1) is 9.46. The predicted octanol–water partition coefficient (Wildman–Crippen LogP) is 3.75. The van der Waals surface area contributed by atoms with E-state index < -0.39 is 0 Å². The van der Waals surface area contributed by atoms with E-state index in [2.05, 4.69) is 15.9 Å². The zero-order valence-electron chi connectivity index (χ0n) is 7.55. The number of hydrogen-bond donors (Lipinski definition) is 0. The summed E-state index contributed by atoms with van der Waals surface area (Å²) in [7, 11) is 1.58. The van der Waals surface area contributed by atoms with E-state index >= 15 is 0 Å². The number of halogens is 2. The van der Waals surface area contributed by atoms with Crippen LogP contribution in [0.1, 0.15) is 0 Å². The van der Waals surface area contributed by atoms with Gasteiger partial charge in [0.05, 0.1) is 7.11 Å². The van der Waals surface area contributed by atoms with E-state index in [0.29, 0.717) is 5.75 Å². The Morgan fingerprint density at radius 2 is 1.93 bits per heavy atom. The SMILES string of the molecule is COc1ccc(Br)c2ccc(F)cc12. The number of methoxy groups -OCH3 is 1. The van der Waals surface area contributed by atoms with Gasteiger partial charge >= 0.3 is 0 Å². The zero-order chi connectivity index (χ0) is 10.1. The van der Waals surface area contributed by atoms with Gasteiger partial charge in [-0.2, -0.15) is 0 Å². The largest absolute Gasteiger partial charge is 0.496 e. The molecular formula is C11H8BrFO. The lowest BCUT2D eigenvalue weighted by Gasteiger charge is -2.06. The molecule has 0 heterocycles. The molecule has 2 rings (SSSR count). The van der Waals surface area contributed by atoms with Crippen molar-refractivity contribution in [1.29, 1.82) is 0 Å². The van der Waals surface area contributed by atoms with Gasteiger partial charge in [-0.25, -0.2) is 4.39 Å². The summed E-state index contributed by atoms with van der Waals surface area (Å²) in [4.78, 5) is 0. The van der Waals surface area contributed by atoms with Gasteiger partial charge in [0.15, 0.2) is 0 Å². The first-order chi connectivity index (χ1) is 6.72. The summed E-state index contributed by atoms with van der Waals surface area (Å²) >= 11 is 3.41. The molecule has 0 aliphatic heterocycles. The van der Waals surface area contributed by atoms with Crippen LogP contribution in [-0.4, -0.2) is 7.11 Å². The zero-order valence-corrected chi connectivity index (χ0v) is 9.14. The maximum absolute atomic E-state index is 13.0. The molecule has 2 aromatic rings. The Kier molecular flexibility index (Phi) is 2.42. The Bertz CT molecular complexity index is 482. The standard InChI is InChI=1S/C11H8BrFO/c1-14-11-5-4-10(12)8-3-2-7(13)6-9(8)11/h2-6H,1H3. The Morgan fingerprint density at radius 3 is 2.64 bits per heavy atom. The minimum atomic E-state index is -0.256. The summed E-state index contributed by atoms with van der Waals surface area (Å²) in [6.45, 7) is 0. The van der Waals surface area contributed by atoms with Crippen LogP contribution in [0, 0.1) is 5.82 Å². The van der Waals surface area contributed by atoms with Crippen molar-refractivity contribution >= 4 is 26.7 Å². The number of benzene rings is 2. The van der Waals surface area contributed by atoms with E-state index in [1.165, 1.54) is 12.1 Å². The number of fused-ring (bicyclic) bond motifs is 1. The summed E-state index contributed by atoms with van der Waals surface area (Å²) in [5.41, 5.74) is 0. The first-order valence-corrected chi connectivity index (χ1v) is 4.93. The van der Waals surface area contributed by atoms with Gasteiger partial charge in [0.1, 0.15) is 11.6 Å². The molecule has 0 aliphatic rings. The summed E-state index contributed by atoms with van der Waals surface area (Å²) in [6.07, 6.45) is 0. The average molecular weight is 255 g/mol. The molecular weight excluding hydrogens is 247 g/mol. The molecule has 0 aliphatic carbocycles. The summed E-state index contributed by atoms with van der Waals surface area (Å²) in [5, 5.41) is 1.73. The van der Waals surface area contributed by atoms with E-state index in [1.54, 1.807) is 13.2 Å². The van der Waals surface area contributed by atoms with Crippen LogP contribution < -0.4 is 4.74 Å². The third-order valence-corrected chi connectivity index (χ3v) is 2.80. The highest BCUT2D eigenvalue weighted by Crippen LogP contribution is 2.31. The average Bonchev–Trinajstić information content (AvgIpc) is 2.18. The highest BCUT2D eigenvalue weighted by molar-refractivity contribution is 9.10. The lowest BCUT2D eigenvalue weighted by Crippen LogP contribution is -1.86. The number of ether oxygens (including phenoxy) is 1. The van der Waals surface area contributed by atoms with Gasteiger partial charge in [-0.3, -0.25) is 0 Å². The first-order valence-electron chi connectivity index (χ1n) is 4.14. The van der Waals surface area contributed by atoms with Crippen molar-refractivity contribution in [3.05, 3.63) is 40.6 Å². The minimum Gasteiger partial charge on any atom is -0.496 e. The number of hydrogen-bond acceptors (Lipinski definition) is 1. The van der Waals surface area contributed by atoms with E-state index in [9.17, 15) is 4.39 Å². The molecule has 0 radical (unpaired) electrons.